The van der Waals surface area contributed by atoms with Crippen LogP contribution >= 0.6 is 11.3 Å². The first-order valence-electron chi connectivity index (χ1n) is 5.86. The minimum absolute atomic E-state index is 0.0866. The fourth-order valence-corrected chi connectivity index (χ4v) is 2.50. The highest BCUT2D eigenvalue weighted by atomic mass is 32.1. The molecule has 0 saturated carbocycles. The van der Waals surface area contributed by atoms with Gasteiger partial charge in [0.05, 0.1) is 6.42 Å². The van der Waals surface area contributed by atoms with Crippen molar-refractivity contribution in [2.24, 2.45) is 5.73 Å². The van der Waals surface area contributed by atoms with E-state index in [1.54, 1.807) is 0 Å². The third kappa shape index (κ3) is 6.36. The number of nitrogens with two attached hydrogens (primary N) is 1. The molecule has 0 radical (unpaired) electrons. The molecule has 0 aliphatic carbocycles. The van der Waals surface area contributed by atoms with Gasteiger partial charge in [0.1, 0.15) is 0 Å². The molecule has 0 fully saturated rings. The molecule has 0 aliphatic heterocycles. The van der Waals surface area contributed by atoms with E-state index in [9.17, 15) is 9.59 Å². The Kier molecular flexibility index (Phi) is 6.38. The topological polar surface area (TPSA) is 92.4 Å². The summed E-state index contributed by atoms with van der Waals surface area (Å²) in [6.07, 6.45) is 2.24. The second-order valence-electron chi connectivity index (χ2n) is 4.04. The molecule has 5 nitrogen and oxygen atoms in total. The van der Waals surface area contributed by atoms with Gasteiger partial charge < -0.3 is 16.2 Å². The average molecular weight is 270 g/mol. The van der Waals surface area contributed by atoms with Crippen molar-refractivity contribution in [1.29, 1.82) is 0 Å². The van der Waals surface area contributed by atoms with Gasteiger partial charge in [0.15, 0.2) is 0 Å². The van der Waals surface area contributed by atoms with E-state index in [1.807, 2.05) is 12.1 Å². The SMILES string of the molecule is NC(=O)CCCCNCc1ccc(CC(=O)O)s1. The lowest BCUT2D eigenvalue weighted by Crippen LogP contribution is -2.15. The zero-order valence-electron chi connectivity index (χ0n) is 10.1. The summed E-state index contributed by atoms with van der Waals surface area (Å²) >= 11 is 1.51. The molecule has 4 N–H and O–H groups in total. The molecule has 1 heterocycles. The van der Waals surface area contributed by atoms with Crippen LogP contribution in [0.4, 0.5) is 0 Å². The second kappa shape index (κ2) is 7.84. The third-order valence-corrected chi connectivity index (χ3v) is 3.45. The van der Waals surface area contributed by atoms with Gasteiger partial charge in [0, 0.05) is 22.7 Å². The van der Waals surface area contributed by atoms with Gasteiger partial charge in [-0.1, -0.05) is 0 Å². The van der Waals surface area contributed by atoms with Gasteiger partial charge >= 0.3 is 5.97 Å². The Labute approximate surface area is 110 Å². The number of amides is 1. The van der Waals surface area contributed by atoms with Gasteiger partial charge in [0.25, 0.3) is 0 Å². The van der Waals surface area contributed by atoms with Crippen molar-refractivity contribution in [3.63, 3.8) is 0 Å². The van der Waals surface area contributed by atoms with Crippen molar-refractivity contribution in [3.8, 4) is 0 Å². The Balaban J connectivity index is 2.13. The fraction of sp³-hybridized carbons (Fsp3) is 0.500. The van der Waals surface area contributed by atoms with Crippen LogP contribution in [0.5, 0.6) is 0 Å². The summed E-state index contributed by atoms with van der Waals surface area (Å²) in [7, 11) is 0. The first-order chi connectivity index (χ1) is 8.58. The summed E-state index contributed by atoms with van der Waals surface area (Å²) in [5, 5.41) is 11.9. The highest BCUT2D eigenvalue weighted by Gasteiger charge is 2.04. The van der Waals surface area contributed by atoms with Crippen LogP contribution < -0.4 is 11.1 Å². The van der Waals surface area contributed by atoms with Gasteiger partial charge in [0.2, 0.25) is 5.91 Å². The van der Waals surface area contributed by atoms with Crippen LogP contribution in [0.1, 0.15) is 29.0 Å². The normalized spacial score (nSPS) is 10.4. The standard InChI is InChI=1S/C12H18N2O3S/c13-11(15)3-1-2-6-14-8-10-5-4-9(18-10)7-12(16)17/h4-5,14H,1-3,6-8H2,(H2,13,15)(H,16,17). The predicted octanol–water partition coefficient (Wildman–Crippen LogP) is 1.12. The Morgan fingerprint density at radius 2 is 2.00 bits per heavy atom. The maximum atomic E-state index is 10.5. The van der Waals surface area contributed by atoms with Crippen molar-refractivity contribution in [1.82, 2.24) is 5.32 Å². The first kappa shape index (κ1) is 14.7. The minimum Gasteiger partial charge on any atom is -0.481 e. The number of unbranched alkanes of at least 4 members (excludes halogenated alkanes) is 1. The van der Waals surface area contributed by atoms with Crippen LogP contribution in [0, 0.1) is 0 Å². The number of thiophene rings is 1. The minimum atomic E-state index is -0.803. The summed E-state index contributed by atoms with van der Waals surface area (Å²) in [6.45, 7) is 1.57. The van der Waals surface area contributed by atoms with E-state index in [2.05, 4.69) is 5.32 Å². The summed E-state index contributed by atoms with van der Waals surface area (Å²) in [5.74, 6) is -1.06. The lowest BCUT2D eigenvalue weighted by atomic mass is 10.2. The fourth-order valence-electron chi connectivity index (χ4n) is 1.52. The van der Waals surface area contributed by atoms with Crippen LogP contribution in [0.3, 0.4) is 0 Å². The monoisotopic (exact) mass is 270 g/mol. The Bertz CT molecular complexity index is 404. The average Bonchev–Trinajstić information content (AvgIpc) is 2.69. The van der Waals surface area contributed by atoms with E-state index in [-0.39, 0.29) is 12.3 Å². The molecular weight excluding hydrogens is 252 g/mol. The quantitative estimate of drug-likeness (QED) is 0.586. The number of nitrogens with one attached hydrogen (secondary N) is 1. The largest absolute Gasteiger partial charge is 0.481 e. The molecular formula is C12H18N2O3S. The zero-order valence-corrected chi connectivity index (χ0v) is 11.0. The van der Waals surface area contributed by atoms with E-state index in [0.717, 1.165) is 35.7 Å². The molecule has 0 bridgehead atoms. The van der Waals surface area contributed by atoms with Crippen molar-refractivity contribution in [2.45, 2.75) is 32.2 Å². The van der Waals surface area contributed by atoms with Crippen molar-refractivity contribution in [3.05, 3.63) is 21.9 Å². The van der Waals surface area contributed by atoms with E-state index in [1.165, 1.54) is 11.3 Å². The maximum absolute atomic E-state index is 10.5. The number of hydrogen-bond donors (Lipinski definition) is 3. The Morgan fingerprint density at radius 1 is 1.28 bits per heavy atom. The van der Waals surface area contributed by atoms with Crippen molar-refractivity contribution < 1.29 is 14.7 Å². The molecule has 18 heavy (non-hydrogen) atoms. The van der Waals surface area contributed by atoms with Crippen molar-refractivity contribution >= 4 is 23.2 Å². The predicted molar refractivity (Wildman–Crippen MR) is 70.4 cm³/mol. The number of carbonyl (C=O) groups is 2. The number of rotatable bonds is 9. The van der Waals surface area contributed by atoms with Crippen LogP contribution in [0.25, 0.3) is 0 Å². The molecule has 6 heteroatoms. The lowest BCUT2D eigenvalue weighted by Gasteiger charge is -2.01. The van der Waals surface area contributed by atoms with Gasteiger partial charge in [-0.2, -0.15) is 0 Å². The number of hydrogen-bond acceptors (Lipinski definition) is 4. The molecule has 1 aromatic rings. The highest BCUT2D eigenvalue weighted by molar-refractivity contribution is 7.12. The smallest absolute Gasteiger partial charge is 0.308 e. The van der Waals surface area contributed by atoms with Crippen LogP contribution in [-0.4, -0.2) is 23.5 Å². The van der Waals surface area contributed by atoms with Gasteiger partial charge in [-0.15, -0.1) is 11.3 Å². The van der Waals surface area contributed by atoms with E-state index in [0.29, 0.717) is 6.42 Å². The molecule has 100 valence electrons. The molecule has 0 spiro atoms. The van der Waals surface area contributed by atoms with Gasteiger partial charge in [-0.3, -0.25) is 9.59 Å². The summed E-state index contributed by atoms with van der Waals surface area (Å²) in [6, 6.07) is 3.79. The highest BCUT2D eigenvalue weighted by Crippen LogP contribution is 2.16. The third-order valence-electron chi connectivity index (χ3n) is 2.37. The molecule has 0 saturated heterocycles. The van der Waals surface area contributed by atoms with E-state index in [4.69, 9.17) is 10.8 Å². The molecule has 0 atom stereocenters. The van der Waals surface area contributed by atoms with E-state index < -0.39 is 5.97 Å². The molecule has 0 aromatic carbocycles. The van der Waals surface area contributed by atoms with Crippen molar-refractivity contribution in [2.75, 3.05) is 6.54 Å². The summed E-state index contributed by atoms with van der Waals surface area (Å²) in [5.41, 5.74) is 5.04. The first-order valence-corrected chi connectivity index (χ1v) is 6.68. The maximum Gasteiger partial charge on any atom is 0.308 e. The summed E-state index contributed by atoms with van der Waals surface area (Å²) < 4.78 is 0. The number of primary amides is 1. The lowest BCUT2D eigenvalue weighted by molar-refractivity contribution is -0.136. The number of carbonyl (C=O) groups excluding carboxylic acids is 1. The van der Waals surface area contributed by atoms with Crippen LogP contribution in [-0.2, 0) is 22.6 Å². The number of aliphatic carboxylic acids is 1. The van der Waals surface area contributed by atoms with Crippen LogP contribution in [0.2, 0.25) is 0 Å². The Morgan fingerprint density at radius 3 is 2.67 bits per heavy atom. The number of carboxylic acids is 1. The van der Waals surface area contributed by atoms with Crippen LogP contribution in [0.15, 0.2) is 12.1 Å². The number of carboxylic acid groups (broad SMARTS) is 1. The summed E-state index contributed by atoms with van der Waals surface area (Å²) in [4.78, 5) is 23.0. The zero-order chi connectivity index (χ0) is 13.4. The Hall–Kier alpha value is -1.40. The molecule has 1 aromatic heterocycles. The molecule has 0 aliphatic rings. The van der Waals surface area contributed by atoms with Gasteiger partial charge in [-0.25, -0.2) is 0 Å². The molecule has 1 amide bonds. The molecule has 1 rings (SSSR count). The van der Waals surface area contributed by atoms with Gasteiger partial charge in [-0.05, 0) is 31.5 Å². The van der Waals surface area contributed by atoms with E-state index >= 15 is 0 Å². The molecule has 0 unspecified atom stereocenters. The second-order valence-corrected chi connectivity index (χ2v) is 5.29.